The van der Waals surface area contributed by atoms with Crippen LogP contribution >= 0.6 is 0 Å². The van der Waals surface area contributed by atoms with E-state index in [2.05, 4.69) is 0 Å². The van der Waals surface area contributed by atoms with Gasteiger partial charge < -0.3 is 15.1 Å². The highest BCUT2D eigenvalue weighted by molar-refractivity contribution is 5.96. The Labute approximate surface area is 99.3 Å². The molecule has 5 nitrogen and oxygen atoms in total. The predicted molar refractivity (Wildman–Crippen MR) is 61.9 cm³/mol. The molecule has 0 aromatic heterocycles. The van der Waals surface area contributed by atoms with Crippen LogP contribution in [0.5, 0.6) is 5.75 Å². The molecule has 0 aliphatic carbocycles. The molecule has 1 unspecified atom stereocenters. The van der Waals surface area contributed by atoms with Crippen molar-refractivity contribution in [3.05, 3.63) is 29.8 Å². The summed E-state index contributed by atoms with van der Waals surface area (Å²) in [6, 6.07) is 4.87. The van der Waals surface area contributed by atoms with E-state index < -0.39 is 12.0 Å². The van der Waals surface area contributed by atoms with Crippen molar-refractivity contribution in [3.63, 3.8) is 0 Å². The van der Waals surface area contributed by atoms with Crippen LogP contribution in [0.15, 0.2) is 24.3 Å². The summed E-state index contributed by atoms with van der Waals surface area (Å²) in [4.78, 5) is 24.1. The van der Waals surface area contributed by atoms with Crippen LogP contribution < -0.4 is 0 Å². The minimum absolute atomic E-state index is 0.0643. The lowest BCUT2D eigenvalue weighted by Crippen LogP contribution is -2.41. The van der Waals surface area contributed by atoms with Crippen molar-refractivity contribution in [2.24, 2.45) is 0 Å². The molecule has 0 heterocycles. The first-order chi connectivity index (χ1) is 7.97. The maximum absolute atomic E-state index is 11.9. The number of rotatable bonds is 4. The van der Waals surface area contributed by atoms with E-state index in [0.29, 0.717) is 12.0 Å². The molecule has 0 aliphatic heterocycles. The molecule has 2 N–H and O–H groups in total. The largest absolute Gasteiger partial charge is 0.508 e. The summed E-state index contributed by atoms with van der Waals surface area (Å²) >= 11 is 0. The van der Waals surface area contributed by atoms with Gasteiger partial charge in [-0.25, -0.2) is 4.79 Å². The Kier molecular flexibility index (Phi) is 4.09. The number of hydrogen-bond donors (Lipinski definition) is 2. The smallest absolute Gasteiger partial charge is 0.326 e. The molecule has 1 atom stereocenters. The fourth-order valence-electron chi connectivity index (χ4n) is 1.56. The van der Waals surface area contributed by atoms with E-state index in [4.69, 9.17) is 10.2 Å². The van der Waals surface area contributed by atoms with Crippen LogP contribution in [0.3, 0.4) is 0 Å². The van der Waals surface area contributed by atoms with Crippen LogP contribution in [0.4, 0.5) is 0 Å². The summed E-state index contributed by atoms with van der Waals surface area (Å²) in [7, 11) is 1.46. The highest BCUT2D eigenvalue weighted by Crippen LogP contribution is 2.13. The van der Waals surface area contributed by atoms with Crippen molar-refractivity contribution >= 4 is 11.9 Å². The lowest BCUT2D eigenvalue weighted by Gasteiger charge is -2.23. The molecule has 1 rings (SSSR count). The number of amides is 1. The number of carboxylic acid groups (broad SMARTS) is 1. The molecule has 0 aliphatic rings. The first-order valence-corrected chi connectivity index (χ1v) is 5.26. The number of aliphatic carboxylic acids is 1. The van der Waals surface area contributed by atoms with Gasteiger partial charge in [0.2, 0.25) is 0 Å². The van der Waals surface area contributed by atoms with Gasteiger partial charge in [-0.05, 0) is 30.7 Å². The summed E-state index contributed by atoms with van der Waals surface area (Å²) in [6.45, 7) is 1.71. The first-order valence-electron chi connectivity index (χ1n) is 5.26. The normalized spacial score (nSPS) is 11.9. The minimum Gasteiger partial charge on any atom is -0.508 e. The van der Waals surface area contributed by atoms with Crippen LogP contribution in [0.25, 0.3) is 0 Å². The second-order valence-electron chi connectivity index (χ2n) is 3.73. The van der Waals surface area contributed by atoms with Gasteiger partial charge in [-0.3, -0.25) is 4.79 Å². The van der Waals surface area contributed by atoms with Gasteiger partial charge in [0, 0.05) is 12.6 Å². The van der Waals surface area contributed by atoms with Gasteiger partial charge >= 0.3 is 5.97 Å². The number of phenolic OH excluding ortho intramolecular Hbond substituents is 1. The average Bonchev–Trinajstić information content (AvgIpc) is 2.29. The van der Waals surface area contributed by atoms with Crippen molar-refractivity contribution in [1.82, 2.24) is 4.90 Å². The molecule has 1 aromatic carbocycles. The maximum Gasteiger partial charge on any atom is 0.326 e. The summed E-state index contributed by atoms with van der Waals surface area (Å²) in [5, 5.41) is 18.1. The molecule has 0 radical (unpaired) electrons. The van der Waals surface area contributed by atoms with Crippen molar-refractivity contribution < 1.29 is 19.8 Å². The zero-order chi connectivity index (χ0) is 13.0. The van der Waals surface area contributed by atoms with Crippen molar-refractivity contribution in [1.29, 1.82) is 0 Å². The van der Waals surface area contributed by atoms with E-state index >= 15 is 0 Å². The summed E-state index contributed by atoms with van der Waals surface area (Å²) in [5.74, 6) is -1.34. The Morgan fingerprint density at radius 1 is 1.29 bits per heavy atom. The molecule has 0 bridgehead atoms. The van der Waals surface area contributed by atoms with E-state index in [-0.39, 0.29) is 11.7 Å². The van der Waals surface area contributed by atoms with E-state index in [0.717, 1.165) is 0 Å². The maximum atomic E-state index is 11.9. The van der Waals surface area contributed by atoms with Crippen LogP contribution in [-0.2, 0) is 4.79 Å². The fourth-order valence-corrected chi connectivity index (χ4v) is 1.56. The van der Waals surface area contributed by atoms with E-state index in [9.17, 15) is 9.59 Å². The molecule has 1 aromatic rings. The second kappa shape index (κ2) is 5.34. The number of carbonyl (C=O) groups excluding carboxylic acids is 1. The number of phenols is 1. The third-order valence-corrected chi connectivity index (χ3v) is 2.57. The van der Waals surface area contributed by atoms with Crippen LogP contribution in [0.2, 0.25) is 0 Å². The van der Waals surface area contributed by atoms with E-state index in [1.54, 1.807) is 6.92 Å². The lowest BCUT2D eigenvalue weighted by atomic mass is 10.1. The Hall–Kier alpha value is -2.04. The zero-order valence-corrected chi connectivity index (χ0v) is 9.75. The standard InChI is InChI=1S/C12H15NO4/c1-3-10(12(16)17)13(2)11(15)8-4-6-9(14)7-5-8/h4-7,10,14H,3H2,1-2H3,(H,16,17). The molecule has 1 amide bonds. The third-order valence-electron chi connectivity index (χ3n) is 2.57. The highest BCUT2D eigenvalue weighted by atomic mass is 16.4. The van der Waals surface area contributed by atoms with Crippen molar-refractivity contribution in [2.75, 3.05) is 7.05 Å². The fraction of sp³-hybridized carbons (Fsp3) is 0.333. The Morgan fingerprint density at radius 2 is 1.82 bits per heavy atom. The first kappa shape index (κ1) is 13.0. The van der Waals surface area contributed by atoms with Crippen LogP contribution in [-0.4, -0.2) is 40.1 Å². The number of benzene rings is 1. The Bertz CT molecular complexity index is 413. The molecule has 0 saturated carbocycles. The average molecular weight is 237 g/mol. The topological polar surface area (TPSA) is 77.8 Å². The Morgan fingerprint density at radius 3 is 2.24 bits per heavy atom. The van der Waals surface area contributed by atoms with Crippen molar-refractivity contribution in [3.8, 4) is 5.75 Å². The number of aromatic hydroxyl groups is 1. The van der Waals surface area contributed by atoms with E-state index in [1.807, 2.05) is 0 Å². The molecular formula is C12H15NO4. The molecule has 92 valence electrons. The van der Waals surface area contributed by atoms with Gasteiger partial charge in [0.15, 0.2) is 0 Å². The minimum atomic E-state index is -1.03. The highest BCUT2D eigenvalue weighted by Gasteiger charge is 2.25. The SMILES string of the molecule is CCC(C(=O)O)N(C)C(=O)c1ccc(O)cc1. The van der Waals surface area contributed by atoms with Crippen LogP contribution in [0, 0.1) is 0 Å². The van der Waals surface area contributed by atoms with Gasteiger partial charge in [0.1, 0.15) is 11.8 Å². The molecule has 5 heteroatoms. The number of nitrogens with zero attached hydrogens (tertiary/aromatic N) is 1. The number of likely N-dealkylation sites (N-methyl/N-ethyl adjacent to an activating group) is 1. The van der Waals surface area contributed by atoms with Gasteiger partial charge in [0.25, 0.3) is 5.91 Å². The number of hydrogen-bond acceptors (Lipinski definition) is 3. The lowest BCUT2D eigenvalue weighted by molar-refractivity contribution is -0.142. The van der Waals surface area contributed by atoms with E-state index in [1.165, 1.54) is 36.2 Å². The van der Waals surface area contributed by atoms with Gasteiger partial charge in [-0.2, -0.15) is 0 Å². The summed E-state index contributed by atoms with van der Waals surface area (Å²) in [6.07, 6.45) is 0.343. The second-order valence-corrected chi connectivity index (χ2v) is 3.73. The predicted octanol–water partition coefficient (Wildman–Crippen LogP) is 1.33. The summed E-state index contributed by atoms with van der Waals surface area (Å²) in [5.41, 5.74) is 0.352. The zero-order valence-electron chi connectivity index (χ0n) is 9.75. The molecule has 0 fully saturated rings. The molecule has 17 heavy (non-hydrogen) atoms. The quantitative estimate of drug-likeness (QED) is 0.828. The third kappa shape index (κ3) is 2.96. The monoisotopic (exact) mass is 237 g/mol. The van der Waals surface area contributed by atoms with Gasteiger partial charge in [-0.1, -0.05) is 6.92 Å². The molecular weight excluding hydrogens is 222 g/mol. The van der Waals surface area contributed by atoms with Gasteiger partial charge in [0.05, 0.1) is 0 Å². The van der Waals surface area contributed by atoms with Crippen LogP contribution in [0.1, 0.15) is 23.7 Å². The summed E-state index contributed by atoms with van der Waals surface area (Å²) < 4.78 is 0. The number of carbonyl (C=O) groups is 2. The van der Waals surface area contributed by atoms with Crippen molar-refractivity contribution in [2.45, 2.75) is 19.4 Å². The molecule has 0 spiro atoms. The van der Waals surface area contributed by atoms with Gasteiger partial charge in [-0.15, -0.1) is 0 Å². The Balaban J connectivity index is 2.89. The number of carboxylic acids is 1. The molecule has 0 saturated heterocycles.